The van der Waals surface area contributed by atoms with Crippen molar-refractivity contribution in [2.45, 2.75) is 24.7 Å². The van der Waals surface area contributed by atoms with Gasteiger partial charge in [-0.2, -0.15) is 4.31 Å². The number of amides is 1. The number of ether oxygens (including phenoxy) is 1. The molecular weight excluding hydrogens is 412 g/mol. The number of piperazine rings is 1. The summed E-state index contributed by atoms with van der Waals surface area (Å²) in [5.74, 6) is 0.830. The number of carbonyl (C=O) groups excluding carboxylic acids is 1. The number of para-hydroxylation sites is 1. The fraction of sp³-hybridized carbons (Fsp3) is 0.381. The monoisotopic (exact) mass is 436 g/mol. The molecule has 0 aromatic heterocycles. The number of halogens is 1. The van der Waals surface area contributed by atoms with E-state index in [4.69, 9.17) is 16.3 Å². The van der Waals surface area contributed by atoms with Crippen molar-refractivity contribution in [2.75, 3.05) is 32.8 Å². The van der Waals surface area contributed by atoms with Gasteiger partial charge in [-0.05, 0) is 43.2 Å². The number of benzene rings is 2. The number of nitrogens with zero attached hydrogens (tertiary/aromatic N) is 2. The summed E-state index contributed by atoms with van der Waals surface area (Å²) in [6.45, 7) is 3.82. The first kappa shape index (κ1) is 21.6. The SMILES string of the molecule is CCOc1ccccc1CCC(=O)N1CCN(S(=O)(=O)c2cccc(Cl)c2)CC1. The predicted molar refractivity (Wildman–Crippen MR) is 113 cm³/mol. The van der Waals surface area contributed by atoms with Gasteiger partial charge in [-0.25, -0.2) is 8.42 Å². The first-order valence-electron chi connectivity index (χ1n) is 9.66. The molecule has 0 aliphatic carbocycles. The fourth-order valence-electron chi connectivity index (χ4n) is 3.36. The van der Waals surface area contributed by atoms with Crippen LogP contribution < -0.4 is 4.74 Å². The number of sulfonamides is 1. The zero-order chi connectivity index (χ0) is 20.9. The number of carbonyl (C=O) groups is 1. The van der Waals surface area contributed by atoms with E-state index in [1.54, 1.807) is 17.0 Å². The minimum absolute atomic E-state index is 0.0242. The van der Waals surface area contributed by atoms with E-state index >= 15 is 0 Å². The Balaban J connectivity index is 1.56. The van der Waals surface area contributed by atoms with Crippen LogP contribution in [0.1, 0.15) is 18.9 Å². The van der Waals surface area contributed by atoms with Crippen molar-refractivity contribution in [3.8, 4) is 5.75 Å². The number of rotatable bonds is 7. The van der Waals surface area contributed by atoms with Gasteiger partial charge in [0.1, 0.15) is 5.75 Å². The molecule has 0 N–H and O–H groups in total. The molecular formula is C21H25ClN2O4S. The van der Waals surface area contributed by atoms with Crippen LogP contribution in [0.25, 0.3) is 0 Å². The second kappa shape index (κ2) is 9.61. The molecule has 0 radical (unpaired) electrons. The number of hydrogen-bond donors (Lipinski definition) is 0. The molecule has 0 bridgehead atoms. The van der Waals surface area contributed by atoms with Crippen molar-refractivity contribution in [1.82, 2.24) is 9.21 Å². The fourth-order valence-corrected chi connectivity index (χ4v) is 5.08. The van der Waals surface area contributed by atoms with Crippen molar-refractivity contribution < 1.29 is 17.9 Å². The molecule has 1 amide bonds. The van der Waals surface area contributed by atoms with Crippen LogP contribution in [0.3, 0.4) is 0 Å². The maximum atomic E-state index is 12.8. The van der Waals surface area contributed by atoms with Crippen LogP contribution in [0.15, 0.2) is 53.4 Å². The van der Waals surface area contributed by atoms with E-state index in [2.05, 4.69) is 0 Å². The molecule has 0 saturated carbocycles. The normalized spacial score (nSPS) is 15.3. The third-order valence-corrected chi connectivity index (χ3v) is 7.04. The summed E-state index contributed by atoms with van der Waals surface area (Å²) in [7, 11) is -3.61. The highest BCUT2D eigenvalue weighted by molar-refractivity contribution is 7.89. The quantitative estimate of drug-likeness (QED) is 0.668. The summed E-state index contributed by atoms with van der Waals surface area (Å²) < 4.78 is 32.6. The first-order valence-corrected chi connectivity index (χ1v) is 11.5. The summed E-state index contributed by atoms with van der Waals surface area (Å²) in [6, 6.07) is 14.0. The number of hydrogen-bond acceptors (Lipinski definition) is 4. The average molecular weight is 437 g/mol. The molecule has 0 atom stereocenters. The summed E-state index contributed by atoms with van der Waals surface area (Å²) in [5, 5.41) is 0.382. The van der Waals surface area contributed by atoms with E-state index in [1.165, 1.54) is 16.4 Å². The maximum Gasteiger partial charge on any atom is 0.243 e. The lowest BCUT2D eigenvalue weighted by Crippen LogP contribution is -2.50. The Kier molecular flexibility index (Phi) is 7.16. The van der Waals surface area contributed by atoms with Crippen LogP contribution in [-0.2, 0) is 21.2 Å². The zero-order valence-corrected chi connectivity index (χ0v) is 18.0. The summed E-state index contributed by atoms with van der Waals surface area (Å²) in [5.41, 5.74) is 1.00. The molecule has 0 spiro atoms. The van der Waals surface area contributed by atoms with E-state index in [9.17, 15) is 13.2 Å². The van der Waals surface area contributed by atoms with Crippen LogP contribution in [-0.4, -0.2) is 56.3 Å². The molecule has 0 unspecified atom stereocenters. The molecule has 1 heterocycles. The van der Waals surface area contributed by atoms with E-state index in [0.717, 1.165) is 11.3 Å². The average Bonchev–Trinajstić information content (AvgIpc) is 2.73. The standard InChI is InChI=1S/C21H25ClN2O4S/c1-2-28-20-9-4-3-6-17(20)10-11-21(25)23-12-14-24(15-13-23)29(26,27)19-8-5-7-18(22)16-19/h3-9,16H,2,10-15H2,1H3. The summed E-state index contributed by atoms with van der Waals surface area (Å²) in [6.07, 6.45) is 0.959. The molecule has 1 fully saturated rings. The molecule has 2 aromatic rings. The lowest BCUT2D eigenvalue weighted by atomic mass is 10.1. The van der Waals surface area contributed by atoms with E-state index in [-0.39, 0.29) is 23.9 Å². The largest absolute Gasteiger partial charge is 0.494 e. The van der Waals surface area contributed by atoms with Gasteiger partial charge in [-0.15, -0.1) is 0 Å². The highest BCUT2D eigenvalue weighted by Crippen LogP contribution is 2.22. The van der Waals surface area contributed by atoms with Gasteiger partial charge in [-0.1, -0.05) is 35.9 Å². The molecule has 1 aliphatic rings. The van der Waals surface area contributed by atoms with E-state index < -0.39 is 10.0 Å². The van der Waals surface area contributed by atoms with Crippen LogP contribution >= 0.6 is 11.6 Å². The lowest BCUT2D eigenvalue weighted by Gasteiger charge is -2.34. The zero-order valence-electron chi connectivity index (χ0n) is 16.4. The third kappa shape index (κ3) is 5.29. The van der Waals surface area contributed by atoms with Crippen molar-refractivity contribution in [1.29, 1.82) is 0 Å². The lowest BCUT2D eigenvalue weighted by molar-refractivity contribution is -0.132. The highest BCUT2D eigenvalue weighted by atomic mass is 35.5. The molecule has 6 nitrogen and oxygen atoms in total. The molecule has 156 valence electrons. The van der Waals surface area contributed by atoms with Crippen LogP contribution in [0, 0.1) is 0 Å². The Hall–Kier alpha value is -2.09. The molecule has 29 heavy (non-hydrogen) atoms. The Morgan fingerprint density at radius 2 is 1.79 bits per heavy atom. The molecule has 1 saturated heterocycles. The Morgan fingerprint density at radius 3 is 2.48 bits per heavy atom. The van der Waals surface area contributed by atoms with Gasteiger partial charge in [0.15, 0.2) is 0 Å². The van der Waals surface area contributed by atoms with Gasteiger partial charge in [-0.3, -0.25) is 4.79 Å². The summed E-state index contributed by atoms with van der Waals surface area (Å²) in [4.78, 5) is 14.5. The molecule has 8 heteroatoms. The van der Waals surface area contributed by atoms with Gasteiger partial charge in [0.05, 0.1) is 11.5 Å². The van der Waals surface area contributed by atoms with Gasteiger partial charge in [0.2, 0.25) is 15.9 Å². The Bertz CT molecular complexity index is 957. The van der Waals surface area contributed by atoms with Gasteiger partial charge < -0.3 is 9.64 Å². The van der Waals surface area contributed by atoms with E-state index in [0.29, 0.717) is 37.6 Å². The van der Waals surface area contributed by atoms with Crippen LogP contribution in [0.2, 0.25) is 5.02 Å². The smallest absolute Gasteiger partial charge is 0.243 e. The van der Waals surface area contributed by atoms with Gasteiger partial charge in [0, 0.05) is 37.6 Å². The second-order valence-corrected chi connectivity index (χ2v) is 9.16. The molecule has 1 aliphatic heterocycles. The topological polar surface area (TPSA) is 66.9 Å². The van der Waals surface area contributed by atoms with Crippen molar-refractivity contribution in [3.63, 3.8) is 0 Å². The minimum Gasteiger partial charge on any atom is -0.494 e. The molecule has 2 aromatic carbocycles. The second-order valence-electron chi connectivity index (χ2n) is 6.78. The van der Waals surface area contributed by atoms with Crippen molar-refractivity contribution in [3.05, 3.63) is 59.1 Å². The molecule has 3 rings (SSSR count). The van der Waals surface area contributed by atoms with Gasteiger partial charge >= 0.3 is 0 Å². The van der Waals surface area contributed by atoms with Crippen LogP contribution in [0.4, 0.5) is 0 Å². The summed E-state index contributed by atoms with van der Waals surface area (Å²) >= 11 is 5.93. The maximum absolute atomic E-state index is 12.8. The number of aryl methyl sites for hydroxylation is 1. The highest BCUT2D eigenvalue weighted by Gasteiger charge is 2.30. The third-order valence-electron chi connectivity index (χ3n) is 4.91. The predicted octanol–water partition coefficient (Wildman–Crippen LogP) is 3.20. The van der Waals surface area contributed by atoms with Crippen molar-refractivity contribution in [2.24, 2.45) is 0 Å². The van der Waals surface area contributed by atoms with Crippen molar-refractivity contribution >= 4 is 27.5 Å². The van der Waals surface area contributed by atoms with Crippen LogP contribution in [0.5, 0.6) is 5.75 Å². The first-order chi connectivity index (χ1) is 13.9. The van der Waals surface area contributed by atoms with E-state index in [1.807, 2.05) is 31.2 Å². The Morgan fingerprint density at radius 1 is 1.07 bits per heavy atom. The van der Waals surface area contributed by atoms with Gasteiger partial charge in [0.25, 0.3) is 0 Å². The Labute approximate surface area is 177 Å². The minimum atomic E-state index is -3.61.